The molecule has 1 unspecified atom stereocenters. The predicted octanol–water partition coefficient (Wildman–Crippen LogP) is 0.545. The van der Waals surface area contributed by atoms with E-state index in [4.69, 9.17) is 4.74 Å². The van der Waals surface area contributed by atoms with Crippen LogP contribution in [0.1, 0.15) is 0 Å². The summed E-state index contributed by atoms with van der Waals surface area (Å²) < 4.78 is 5.58. The number of carbonyl (C=O) groups excluding carboxylic acids is 1. The van der Waals surface area contributed by atoms with E-state index in [-0.39, 0.29) is 18.6 Å². The lowest BCUT2D eigenvalue weighted by Crippen LogP contribution is -2.46. The number of anilines is 1. The second kappa shape index (κ2) is 7.11. The van der Waals surface area contributed by atoms with Gasteiger partial charge < -0.3 is 20.3 Å². The van der Waals surface area contributed by atoms with Gasteiger partial charge in [0.2, 0.25) is 5.91 Å². The van der Waals surface area contributed by atoms with E-state index in [9.17, 15) is 4.79 Å². The van der Waals surface area contributed by atoms with Crippen LogP contribution in [0.2, 0.25) is 0 Å². The van der Waals surface area contributed by atoms with Crippen LogP contribution in [0.3, 0.4) is 0 Å². The van der Waals surface area contributed by atoms with Gasteiger partial charge in [-0.05, 0) is 19.2 Å². The molecule has 1 aliphatic rings. The van der Waals surface area contributed by atoms with Gasteiger partial charge in [0.25, 0.3) is 0 Å². The average Bonchev–Trinajstić information content (AvgIpc) is 2.44. The van der Waals surface area contributed by atoms with Gasteiger partial charge in [-0.2, -0.15) is 0 Å². The lowest BCUT2D eigenvalue weighted by molar-refractivity contribution is -0.120. The molecule has 5 nitrogen and oxygen atoms in total. The van der Waals surface area contributed by atoms with E-state index < -0.39 is 0 Å². The fraction of sp³-hybridized carbons (Fsp3) is 0.500. The van der Waals surface area contributed by atoms with Gasteiger partial charge in [0.15, 0.2) is 0 Å². The number of nitrogens with one attached hydrogen (secondary N) is 2. The van der Waals surface area contributed by atoms with E-state index in [0.717, 1.165) is 25.4 Å². The number of likely N-dealkylation sites (N-methyl/N-ethyl adjacent to an activating group) is 1. The van der Waals surface area contributed by atoms with E-state index >= 15 is 0 Å². The molecule has 0 radical (unpaired) electrons. The highest BCUT2D eigenvalue weighted by atomic mass is 16.5. The number of hydrogen-bond acceptors (Lipinski definition) is 4. The maximum absolute atomic E-state index is 11.7. The van der Waals surface area contributed by atoms with E-state index in [1.807, 2.05) is 30.3 Å². The largest absolute Gasteiger partial charge is 0.376 e. The van der Waals surface area contributed by atoms with Crippen LogP contribution in [0.15, 0.2) is 30.3 Å². The van der Waals surface area contributed by atoms with E-state index in [1.54, 1.807) is 0 Å². The molecule has 1 fully saturated rings. The molecule has 2 rings (SSSR count). The van der Waals surface area contributed by atoms with Crippen molar-refractivity contribution in [1.82, 2.24) is 10.2 Å². The highest BCUT2D eigenvalue weighted by molar-refractivity contribution is 5.80. The molecule has 0 bridgehead atoms. The first-order valence-corrected chi connectivity index (χ1v) is 6.60. The monoisotopic (exact) mass is 263 g/mol. The lowest BCUT2D eigenvalue weighted by Gasteiger charge is -2.30. The zero-order valence-corrected chi connectivity index (χ0v) is 11.3. The Morgan fingerprint density at radius 3 is 2.95 bits per heavy atom. The Kier molecular flexibility index (Phi) is 5.18. The van der Waals surface area contributed by atoms with E-state index in [0.29, 0.717) is 6.54 Å². The summed E-state index contributed by atoms with van der Waals surface area (Å²) in [4.78, 5) is 13.9. The van der Waals surface area contributed by atoms with Crippen LogP contribution < -0.4 is 10.6 Å². The van der Waals surface area contributed by atoms with Crippen molar-refractivity contribution in [3.8, 4) is 0 Å². The molecule has 2 N–H and O–H groups in total. The predicted molar refractivity (Wildman–Crippen MR) is 75.2 cm³/mol. The Morgan fingerprint density at radius 2 is 2.21 bits per heavy atom. The number of carbonyl (C=O) groups is 1. The number of hydrogen-bond donors (Lipinski definition) is 2. The second-order valence-electron chi connectivity index (χ2n) is 4.78. The molecular formula is C14H21N3O2. The molecule has 0 spiro atoms. The Bertz CT molecular complexity index is 397. The SMILES string of the molecule is CN1CCOC(CNC(=O)CNc2ccccc2)C1. The average molecular weight is 263 g/mol. The maximum Gasteiger partial charge on any atom is 0.239 e. The van der Waals surface area contributed by atoms with Crippen LogP contribution in [0.5, 0.6) is 0 Å². The highest BCUT2D eigenvalue weighted by Gasteiger charge is 2.17. The standard InChI is InChI=1S/C14H21N3O2/c1-17-7-8-19-13(11-17)9-16-14(18)10-15-12-5-3-2-4-6-12/h2-6,13,15H,7-11H2,1H3,(H,16,18). The number of rotatable bonds is 5. The minimum absolute atomic E-state index is 0.0133. The quantitative estimate of drug-likeness (QED) is 0.814. The smallest absolute Gasteiger partial charge is 0.239 e. The third kappa shape index (κ3) is 4.89. The maximum atomic E-state index is 11.7. The molecule has 1 aliphatic heterocycles. The molecule has 1 aromatic carbocycles. The molecule has 0 saturated carbocycles. The number of nitrogens with zero attached hydrogens (tertiary/aromatic N) is 1. The molecular weight excluding hydrogens is 242 g/mol. The fourth-order valence-corrected chi connectivity index (χ4v) is 2.02. The molecule has 1 aromatic rings. The van der Waals surface area contributed by atoms with Gasteiger partial charge in [-0.25, -0.2) is 0 Å². The Morgan fingerprint density at radius 1 is 1.42 bits per heavy atom. The van der Waals surface area contributed by atoms with Gasteiger partial charge in [-0.15, -0.1) is 0 Å². The molecule has 1 saturated heterocycles. The van der Waals surface area contributed by atoms with Crippen LogP contribution in [-0.2, 0) is 9.53 Å². The fourth-order valence-electron chi connectivity index (χ4n) is 2.02. The summed E-state index contributed by atoms with van der Waals surface area (Å²) in [5.74, 6) is -0.0133. The summed E-state index contributed by atoms with van der Waals surface area (Å²) in [7, 11) is 2.06. The highest BCUT2D eigenvalue weighted by Crippen LogP contribution is 2.04. The number of ether oxygens (including phenoxy) is 1. The zero-order valence-electron chi connectivity index (χ0n) is 11.3. The van der Waals surface area contributed by atoms with Gasteiger partial charge in [0, 0.05) is 25.3 Å². The molecule has 1 atom stereocenters. The van der Waals surface area contributed by atoms with Gasteiger partial charge in [-0.3, -0.25) is 4.79 Å². The first-order chi connectivity index (χ1) is 9.24. The van der Waals surface area contributed by atoms with Crippen LogP contribution in [0.25, 0.3) is 0 Å². The van der Waals surface area contributed by atoms with E-state index in [1.165, 1.54) is 0 Å². The minimum Gasteiger partial charge on any atom is -0.376 e. The molecule has 19 heavy (non-hydrogen) atoms. The van der Waals surface area contributed by atoms with E-state index in [2.05, 4.69) is 22.6 Å². The van der Waals surface area contributed by atoms with Crippen molar-refractivity contribution in [2.24, 2.45) is 0 Å². The van der Waals surface area contributed by atoms with Crippen LogP contribution in [0.4, 0.5) is 5.69 Å². The molecule has 5 heteroatoms. The molecule has 1 heterocycles. The molecule has 0 aromatic heterocycles. The summed E-state index contributed by atoms with van der Waals surface area (Å²) in [6.07, 6.45) is 0.0967. The third-order valence-electron chi connectivity index (χ3n) is 3.10. The van der Waals surface area contributed by atoms with Crippen LogP contribution >= 0.6 is 0 Å². The topological polar surface area (TPSA) is 53.6 Å². The summed E-state index contributed by atoms with van der Waals surface area (Å²) in [6, 6.07) is 9.69. The van der Waals surface area contributed by atoms with Gasteiger partial charge in [0.1, 0.15) is 0 Å². The summed E-state index contributed by atoms with van der Waals surface area (Å²) in [5, 5.41) is 5.97. The number of para-hydroxylation sites is 1. The zero-order chi connectivity index (χ0) is 13.5. The summed E-state index contributed by atoms with van der Waals surface area (Å²) in [6.45, 7) is 3.41. The van der Waals surface area contributed by atoms with Crippen LogP contribution in [-0.4, -0.2) is 56.7 Å². The van der Waals surface area contributed by atoms with Gasteiger partial charge in [0.05, 0.1) is 19.3 Å². The first kappa shape index (κ1) is 13.8. The van der Waals surface area contributed by atoms with Crippen molar-refractivity contribution in [2.45, 2.75) is 6.10 Å². The normalized spacial score (nSPS) is 19.9. The van der Waals surface area contributed by atoms with Crippen molar-refractivity contribution in [2.75, 3.05) is 45.2 Å². The van der Waals surface area contributed by atoms with Crippen LogP contribution in [0, 0.1) is 0 Å². The summed E-state index contributed by atoms with van der Waals surface area (Å²) >= 11 is 0. The molecule has 104 valence electrons. The number of morpholine rings is 1. The first-order valence-electron chi connectivity index (χ1n) is 6.60. The second-order valence-corrected chi connectivity index (χ2v) is 4.78. The van der Waals surface area contributed by atoms with Gasteiger partial charge >= 0.3 is 0 Å². The molecule has 1 amide bonds. The number of amides is 1. The van der Waals surface area contributed by atoms with Crippen molar-refractivity contribution < 1.29 is 9.53 Å². The van der Waals surface area contributed by atoms with Crippen molar-refractivity contribution in [3.63, 3.8) is 0 Å². The minimum atomic E-state index is -0.0133. The van der Waals surface area contributed by atoms with Crippen molar-refractivity contribution in [1.29, 1.82) is 0 Å². The Hall–Kier alpha value is -1.59. The molecule has 0 aliphatic carbocycles. The third-order valence-corrected chi connectivity index (χ3v) is 3.10. The lowest BCUT2D eigenvalue weighted by atomic mass is 10.3. The number of benzene rings is 1. The summed E-state index contributed by atoms with van der Waals surface area (Å²) in [5.41, 5.74) is 0.950. The Labute approximate surface area is 113 Å². The van der Waals surface area contributed by atoms with Crippen molar-refractivity contribution >= 4 is 11.6 Å². The van der Waals surface area contributed by atoms with Gasteiger partial charge in [-0.1, -0.05) is 18.2 Å². The van der Waals surface area contributed by atoms with Crippen molar-refractivity contribution in [3.05, 3.63) is 30.3 Å². The Balaban J connectivity index is 1.64.